The SMILES string of the molecule is COc1cc(OC)cc(-c2ccc3ccc4cccnc4c3n2)c1. The molecule has 0 amide bonds. The summed E-state index contributed by atoms with van der Waals surface area (Å²) in [7, 11) is 3.29. The molecule has 0 N–H and O–H groups in total. The van der Waals surface area contributed by atoms with Gasteiger partial charge in [0.25, 0.3) is 0 Å². The van der Waals surface area contributed by atoms with Crippen molar-refractivity contribution in [1.82, 2.24) is 9.97 Å². The summed E-state index contributed by atoms with van der Waals surface area (Å²) in [6.45, 7) is 0. The largest absolute Gasteiger partial charge is 0.497 e. The maximum atomic E-state index is 5.36. The summed E-state index contributed by atoms with van der Waals surface area (Å²) in [6, 6.07) is 18.0. The van der Waals surface area contributed by atoms with Gasteiger partial charge in [0.05, 0.1) is 30.9 Å². The quantitative estimate of drug-likeness (QED) is 0.523. The molecule has 0 aliphatic carbocycles. The minimum Gasteiger partial charge on any atom is -0.497 e. The Balaban J connectivity index is 1.96. The Bertz CT molecular complexity index is 1020. The lowest BCUT2D eigenvalue weighted by atomic mass is 10.1. The molecule has 24 heavy (non-hydrogen) atoms. The van der Waals surface area contributed by atoms with Gasteiger partial charge in [-0.05, 0) is 24.3 Å². The maximum absolute atomic E-state index is 5.36. The van der Waals surface area contributed by atoms with Gasteiger partial charge in [0.1, 0.15) is 11.5 Å². The normalized spacial score (nSPS) is 10.9. The summed E-state index contributed by atoms with van der Waals surface area (Å²) < 4.78 is 10.7. The van der Waals surface area contributed by atoms with E-state index in [1.54, 1.807) is 20.4 Å². The number of pyridine rings is 2. The van der Waals surface area contributed by atoms with E-state index in [1.807, 2.05) is 36.4 Å². The zero-order chi connectivity index (χ0) is 16.5. The molecule has 2 aromatic heterocycles. The molecule has 0 aliphatic rings. The topological polar surface area (TPSA) is 44.2 Å². The van der Waals surface area contributed by atoms with E-state index in [0.29, 0.717) is 0 Å². The van der Waals surface area contributed by atoms with Gasteiger partial charge in [-0.25, -0.2) is 4.98 Å². The first-order chi connectivity index (χ1) is 11.8. The van der Waals surface area contributed by atoms with Crippen molar-refractivity contribution in [1.29, 1.82) is 0 Å². The molecule has 0 saturated heterocycles. The van der Waals surface area contributed by atoms with Crippen LogP contribution in [0.15, 0.2) is 60.8 Å². The molecular formula is C20H16N2O2. The third-order valence-electron chi connectivity index (χ3n) is 4.08. The number of ether oxygens (including phenoxy) is 2. The van der Waals surface area contributed by atoms with Crippen molar-refractivity contribution in [2.45, 2.75) is 0 Å². The molecule has 0 spiro atoms. The van der Waals surface area contributed by atoms with Crippen LogP contribution in [-0.4, -0.2) is 24.2 Å². The number of nitrogens with zero attached hydrogens (tertiary/aromatic N) is 2. The molecule has 118 valence electrons. The fourth-order valence-corrected chi connectivity index (χ4v) is 2.84. The Morgan fingerprint density at radius 2 is 1.42 bits per heavy atom. The molecule has 2 aromatic carbocycles. The van der Waals surface area contributed by atoms with Gasteiger partial charge in [-0.3, -0.25) is 4.98 Å². The van der Waals surface area contributed by atoms with Crippen LogP contribution in [-0.2, 0) is 0 Å². The summed E-state index contributed by atoms with van der Waals surface area (Å²) in [4.78, 5) is 9.35. The highest BCUT2D eigenvalue weighted by molar-refractivity contribution is 6.03. The molecule has 4 aromatic rings. The Labute approximate surface area is 139 Å². The predicted molar refractivity (Wildman–Crippen MR) is 95.6 cm³/mol. The number of methoxy groups -OCH3 is 2. The van der Waals surface area contributed by atoms with E-state index in [4.69, 9.17) is 14.5 Å². The van der Waals surface area contributed by atoms with E-state index in [1.165, 1.54) is 0 Å². The first-order valence-electron chi connectivity index (χ1n) is 7.66. The predicted octanol–water partition coefficient (Wildman–Crippen LogP) is 4.47. The number of benzene rings is 2. The number of hydrogen-bond acceptors (Lipinski definition) is 4. The van der Waals surface area contributed by atoms with Crippen molar-refractivity contribution in [3.8, 4) is 22.8 Å². The van der Waals surface area contributed by atoms with Crippen LogP contribution in [0, 0.1) is 0 Å². The summed E-state index contributed by atoms with van der Waals surface area (Å²) in [5, 5.41) is 2.15. The Morgan fingerprint density at radius 1 is 0.750 bits per heavy atom. The molecule has 0 bridgehead atoms. The van der Waals surface area contributed by atoms with E-state index in [-0.39, 0.29) is 0 Å². The van der Waals surface area contributed by atoms with Crippen molar-refractivity contribution >= 4 is 21.8 Å². The van der Waals surface area contributed by atoms with E-state index in [9.17, 15) is 0 Å². The number of fused-ring (bicyclic) bond motifs is 3. The molecular weight excluding hydrogens is 300 g/mol. The Morgan fingerprint density at radius 3 is 2.12 bits per heavy atom. The molecule has 2 heterocycles. The highest BCUT2D eigenvalue weighted by atomic mass is 16.5. The minimum absolute atomic E-state index is 0.738. The molecule has 4 heteroatoms. The second kappa shape index (κ2) is 5.81. The van der Waals surface area contributed by atoms with Gasteiger partial charge < -0.3 is 9.47 Å². The lowest BCUT2D eigenvalue weighted by Gasteiger charge is -2.09. The maximum Gasteiger partial charge on any atom is 0.123 e. The average Bonchev–Trinajstić information content (AvgIpc) is 2.67. The molecule has 0 unspecified atom stereocenters. The van der Waals surface area contributed by atoms with Crippen molar-refractivity contribution in [3.63, 3.8) is 0 Å². The summed E-state index contributed by atoms with van der Waals surface area (Å²) in [5.74, 6) is 1.48. The van der Waals surface area contributed by atoms with Gasteiger partial charge >= 0.3 is 0 Å². The molecule has 0 saturated carbocycles. The second-order valence-electron chi connectivity index (χ2n) is 5.51. The Hall–Kier alpha value is -3.14. The van der Waals surface area contributed by atoms with Crippen molar-refractivity contribution in [3.05, 3.63) is 60.8 Å². The van der Waals surface area contributed by atoms with Gasteiger partial charge in [0.2, 0.25) is 0 Å². The average molecular weight is 316 g/mol. The van der Waals surface area contributed by atoms with Crippen molar-refractivity contribution in [2.75, 3.05) is 14.2 Å². The second-order valence-corrected chi connectivity index (χ2v) is 5.51. The third-order valence-corrected chi connectivity index (χ3v) is 4.08. The summed E-state index contributed by atoms with van der Waals surface area (Å²) in [5.41, 5.74) is 3.61. The molecule has 4 rings (SSSR count). The zero-order valence-electron chi connectivity index (χ0n) is 13.5. The van der Waals surface area contributed by atoms with Crippen LogP contribution in [0.2, 0.25) is 0 Å². The van der Waals surface area contributed by atoms with Gasteiger partial charge in [-0.2, -0.15) is 0 Å². The van der Waals surface area contributed by atoms with Crippen LogP contribution in [0.4, 0.5) is 0 Å². The lowest BCUT2D eigenvalue weighted by Crippen LogP contribution is -1.91. The monoisotopic (exact) mass is 316 g/mol. The number of rotatable bonds is 3. The molecule has 0 aliphatic heterocycles. The van der Waals surface area contributed by atoms with Crippen LogP contribution < -0.4 is 9.47 Å². The first kappa shape index (κ1) is 14.5. The fourth-order valence-electron chi connectivity index (χ4n) is 2.84. The van der Waals surface area contributed by atoms with E-state index < -0.39 is 0 Å². The standard InChI is InChI=1S/C20H16N2O2/c1-23-16-10-15(11-17(12-16)24-2)18-8-7-14-6-5-13-4-3-9-21-19(13)20(14)22-18/h3-12H,1-2H3. The van der Waals surface area contributed by atoms with Crippen LogP contribution >= 0.6 is 0 Å². The smallest absolute Gasteiger partial charge is 0.123 e. The van der Waals surface area contributed by atoms with Crippen molar-refractivity contribution < 1.29 is 9.47 Å². The Kier molecular flexibility index (Phi) is 3.50. The highest BCUT2D eigenvalue weighted by Gasteiger charge is 2.08. The van der Waals surface area contributed by atoms with Gasteiger partial charge in [-0.1, -0.05) is 24.3 Å². The van der Waals surface area contributed by atoms with Crippen LogP contribution in [0.5, 0.6) is 11.5 Å². The molecule has 0 fully saturated rings. The van der Waals surface area contributed by atoms with Crippen molar-refractivity contribution in [2.24, 2.45) is 0 Å². The lowest BCUT2D eigenvalue weighted by molar-refractivity contribution is 0.394. The van der Waals surface area contributed by atoms with E-state index in [0.717, 1.165) is 44.6 Å². The van der Waals surface area contributed by atoms with Gasteiger partial charge in [0.15, 0.2) is 0 Å². The van der Waals surface area contributed by atoms with E-state index in [2.05, 4.69) is 23.2 Å². The number of aromatic nitrogens is 2. The first-order valence-corrected chi connectivity index (χ1v) is 7.66. The summed E-state index contributed by atoms with van der Waals surface area (Å²) in [6.07, 6.45) is 1.80. The van der Waals surface area contributed by atoms with Gasteiger partial charge in [-0.15, -0.1) is 0 Å². The highest BCUT2D eigenvalue weighted by Crippen LogP contribution is 2.31. The van der Waals surface area contributed by atoms with Gasteiger partial charge in [0, 0.05) is 28.6 Å². The molecule has 0 radical (unpaired) electrons. The van der Waals surface area contributed by atoms with Crippen LogP contribution in [0.1, 0.15) is 0 Å². The molecule has 0 atom stereocenters. The van der Waals surface area contributed by atoms with Crippen LogP contribution in [0.3, 0.4) is 0 Å². The molecule has 4 nitrogen and oxygen atoms in total. The fraction of sp³-hybridized carbons (Fsp3) is 0.100. The number of hydrogen-bond donors (Lipinski definition) is 0. The third kappa shape index (κ3) is 2.42. The summed E-state index contributed by atoms with van der Waals surface area (Å²) >= 11 is 0. The minimum atomic E-state index is 0.738. The van der Waals surface area contributed by atoms with E-state index >= 15 is 0 Å². The van der Waals surface area contributed by atoms with Crippen LogP contribution in [0.25, 0.3) is 33.1 Å². The zero-order valence-corrected chi connectivity index (χ0v) is 13.5.